The average molecular weight is 262 g/mol. The van der Waals surface area contributed by atoms with E-state index in [4.69, 9.17) is 0 Å². The second-order valence-electron chi connectivity index (χ2n) is 5.37. The van der Waals surface area contributed by atoms with Gasteiger partial charge in [-0.05, 0) is 24.5 Å². The molecule has 0 amide bonds. The van der Waals surface area contributed by atoms with Crippen LogP contribution in [-0.2, 0) is 6.42 Å². The van der Waals surface area contributed by atoms with Crippen LogP contribution in [0.25, 0.3) is 0 Å². The third-order valence-electron chi connectivity index (χ3n) is 4.01. The molecule has 1 aromatic rings. The Hall–Kier alpha value is -0.510. The Morgan fingerprint density at radius 3 is 3.11 bits per heavy atom. The second-order valence-corrected chi connectivity index (χ2v) is 6.71. The number of nitrogens with one attached hydrogen (secondary N) is 1. The van der Waals surface area contributed by atoms with Crippen LogP contribution in [0.4, 0.5) is 0 Å². The predicted molar refractivity (Wildman–Crippen MR) is 78.3 cm³/mol. The standard InChI is InChI=1S/C15H22N2S/c1-2-13-10-17(8-7-16-13)11-14-9-12-5-3-4-6-15(12)18-14/h3-6,13-14,16H,2,7-11H2,1H3. The van der Waals surface area contributed by atoms with Crippen LogP contribution in [-0.4, -0.2) is 42.4 Å². The van der Waals surface area contributed by atoms with E-state index in [0.717, 1.165) is 11.8 Å². The van der Waals surface area contributed by atoms with Crippen LogP contribution in [0.3, 0.4) is 0 Å². The van der Waals surface area contributed by atoms with Gasteiger partial charge in [-0.25, -0.2) is 0 Å². The van der Waals surface area contributed by atoms with Gasteiger partial charge in [0, 0.05) is 42.4 Å². The summed E-state index contributed by atoms with van der Waals surface area (Å²) in [7, 11) is 0. The van der Waals surface area contributed by atoms with Gasteiger partial charge in [-0.2, -0.15) is 0 Å². The summed E-state index contributed by atoms with van der Waals surface area (Å²) in [5.41, 5.74) is 1.55. The second kappa shape index (κ2) is 5.64. The van der Waals surface area contributed by atoms with E-state index in [0.29, 0.717) is 6.04 Å². The molecular formula is C15H22N2S. The molecule has 2 heterocycles. The normalized spacial score (nSPS) is 28.3. The van der Waals surface area contributed by atoms with Gasteiger partial charge < -0.3 is 5.32 Å². The Bertz CT molecular complexity index is 382. The molecule has 1 N–H and O–H groups in total. The van der Waals surface area contributed by atoms with Crippen LogP contribution >= 0.6 is 11.8 Å². The number of piperazine rings is 1. The van der Waals surface area contributed by atoms with E-state index in [-0.39, 0.29) is 0 Å². The highest BCUT2D eigenvalue weighted by molar-refractivity contribution is 8.00. The van der Waals surface area contributed by atoms with Crippen LogP contribution < -0.4 is 5.32 Å². The SMILES string of the molecule is CCC1CN(CC2Cc3ccccc3S2)CCN1. The third-order valence-corrected chi connectivity index (χ3v) is 5.31. The number of benzene rings is 1. The molecule has 0 aliphatic carbocycles. The molecule has 1 saturated heterocycles. The number of hydrogen-bond acceptors (Lipinski definition) is 3. The molecule has 98 valence electrons. The Labute approximate surface area is 114 Å². The molecule has 1 aromatic carbocycles. The maximum atomic E-state index is 3.59. The fourth-order valence-electron chi connectivity index (χ4n) is 2.98. The quantitative estimate of drug-likeness (QED) is 0.900. The van der Waals surface area contributed by atoms with Crippen molar-refractivity contribution < 1.29 is 0 Å². The lowest BCUT2D eigenvalue weighted by molar-refractivity contribution is 0.198. The van der Waals surface area contributed by atoms with Crippen molar-refractivity contribution in [2.75, 3.05) is 26.2 Å². The topological polar surface area (TPSA) is 15.3 Å². The molecule has 0 radical (unpaired) electrons. The maximum Gasteiger partial charge on any atom is 0.0263 e. The number of fused-ring (bicyclic) bond motifs is 1. The molecule has 3 rings (SSSR count). The summed E-state index contributed by atoms with van der Waals surface area (Å²) >= 11 is 2.08. The van der Waals surface area contributed by atoms with Gasteiger partial charge in [0.2, 0.25) is 0 Å². The molecule has 2 aliphatic rings. The van der Waals surface area contributed by atoms with Gasteiger partial charge in [-0.15, -0.1) is 11.8 Å². The molecule has 0 aromatic heterocycles. The number of thioether (sulfide) groups is 1. The molecule has 0 saturated carbocycles. The summed E-state index contributed by atoms with van der Waals surface area (Å²) in [6.07, 6.45) is 2.50. The molecule has 18 heavy (non-hydrogen) atoms. The molecule has 2 nitrogen and oxygen atoms in total. The van der Waals surface area contributed by atoms with Gasteiger partial charge in [-0.3, -0.25) is 4.90 Å². The number of rotatable bonds is 3. The summed E-state index contributed by atoms with van der Waals surface area (Å²) in [6.45, 7) is 7.12. The molecule has 0 bridgehead atoms. The monoisotopic (exact) mass is 262 g/mol. The van der Waals surface area contributed by atoms with E-state index in [1.165, 1.54) is 37.4 Å². The molecule has 2 atom stereocenters. The Balaban J connectivity index is 1.56. The van der Waals surface area contributed by atoms with Gasteiger partial charge in [0.15, 0.2) is 0 Å². The lowest BCUT2D eigenvalue weighted by atomic mass is 10.1. The summed E-state index contributed by atoms with van der Waals surface area (Å²) in [4.78, 5) is 4.15. The first kappa shape index (κ1) is 12.5. The highest BCUT2D eigenvalue weighted by Crippen LogP contribution is 2.37. The minimum atomic E-state index is 0.701. The van der Waals surface area contributed by atoms with E-state index in [2.05, 4.69) is 53.2 Å². The first-order valence-electron chi connectivity index (χ1n) is 7.05. The van der Waals surface area contributed by atoms with Crippen molar-refractivity contribution in [3.05, 3.63) is 29.8 Å². The van der Waals surface area contributed by atoms with Crippen molar-refractivity contribution in [1.82, 2.24) is 10.2 Å². The summed E-state index contributed by atoms with van der Waals surface area (Å²) < 4.78 is 0. The van der Waals surface area contributed by atoms with E-state index in [9.17, 15) is 0 Å². The highest BCUT2D eigenvalue weighted by Gasteiger charge is 2.26. The van der Waals surface area contributed by atoms with E-state index >= 15 is 0 Å². The largest absolute Gasteiger partial charge is 0.311 e. The Morgan fingerprint density at radius 2 is 2.28 bits per heavy atom. The highest BCUT2D eigenvalue weighted by atomic mass is 32.2. The van der Waals surface area contributed by atoms with Crippen LogP contribution in [0.15, 0.2) is 29.2 Å². The Kier molecular flexibility index (Phi) is 3.92. The van der Waals surface area contributed by atoms with Crippen molar-refractivity contribution in [2.24, 2.45) is 0 Å². The predicted octanol–water partition coefficient (Wildman–Crippen LogP) is 2.39. The van der Waals surface area contributed by atoms with Crippen molar-refractivity contribution in [3.63, 3.8) is 0 Å². The van der Waals surface area contributed by atoms with Gasteiger partial charge >= 0.3 is 0 Å². The number of hydrogen-bond donors (Lipinski definition) is 1. The van der Waals surface area contributed by atoms with E-state index < -0.39 is 0 Å². The first-order chi connectivity index (χ1) is 8.85. The zero-order chi connectivity index (χ0) is 12.4. The molecule has 1 fully saturated rings. The average Bonchev–Trinajstić information content (AvgIpc) is 2.81. The minimum absolute atomic E-state index is 0.701. The molecule has 3 heteroatoms. The molecular weight excluding hydrogens is 240 g/mol. The van der Waals surface area contributed by atoms with Crippen LogP contribution in [0.1, 0.15) is 18.9 Å². The van der Waals surface area contributed by atoms with Crippen molar-refractivity contribution in [1.29, 1.82) is 0 Å². The van der Waals surface area contributed by atoms with Crippen LogP contribution in [0.5, 0.6) is 0 Å². The van der Waals surface area contributed by atoms with E-state index in [1.54, 1.807) is 5.56 Å². The summed E-state index contributed by atoms with van der Waals surface area (Å²) in [6, 6.07) is 9.58. The number of nitrogens with zero attached hydrogens (tertiary/aromatic N) is 1. The lowest BCUT2D eigenvalue weighted by Crippen LogP contribution is -2.51. The third kappa shape index (κ3) is 2.73. The zero-order valence-electron chi connectivity index (χ0n) is 11.1. The Morgan fingerprint density at radius 1 is 1.39 bits per heavy atom. The zero-order valence-corrected chi connectivity index (χ0v) is 11.9. The van der Waals surface area contributed by atoms with Crippen molar-refractivity contribution in [3.8, 4) is 0 Å². The maximum absolute atomic E-state index is 3.59. The summed E-state index contributed by atoms with van der Waals surface area (Å²) in [5.74, 6) is 0. The minimum Gasteiger partial charge on any atom is -0.311 e. The first-order valence-corrected chi connectivity index (χ1v) is 7.93. The van der Waals surface area contributed by atoms with Crippen LogP contribution in [0, 0.1) is 0 Å². The van der Waals surface area contributed by atoms with Gasteiger partial charge in [0.1, 0.15) is 0 Å². The van der Waals surface area contributed by atoms with Crippen molar-refractivity contribution >= 4 is 11.8 Å². The van der Waals surface area contributed by atoms with E-state index in [1.807, 2.05) is 0 Å². The smallest absolute Gasteiger partial charge is 0.0263 e. The van der Waals surface area contributed by atoms with Crippen LogP contribution in [0.2, 0.25) is 0 Å². The molecule has 2 aliphatic heterocycles. The van der Waals surface area contributed by atoms with Crippen molar-refractivity contribution in [2.45, 2.75) is 36.0 Å². The van der Waals surface area contributed by atoms with Gasteiger partial charge in [0.25, 0.3) is 0 Å². The molecule has 2 unspecified atom stereocenters. The van der Waals surface area contributed by atoms with Gasteiger partial charge in [0.05, 0.1) is 0 Å². The lowest BCUT2D eigenvalue weighted by Gasteiger charge is -2.34. The fraction of sp³-hybridized carbons (Fsp3) is 0.600. The fourth-order valence-corrected chi connectivity index (χ4v) is 4.34. The van der Waals surface area contributed by atoms with Gasteiger partial charge in [-0.1, -0.05) is 25.1 Å². The molecule has 0 spiro atoms. The summed E-state index contributed by atoms with van der Waals surface area (Å²) in [5, 5.41) is 4.35.